The number of pyridine rings is 1. The van der Waals surface area contributed by atoms with Gasteiger partial charge in [0, 0.05) is 26.3 Å². The summed E-state index contributed by atoms with van der Waals surface area (Å²) in [7, 11) is 0. The van der Waals surface area contributed by atoms with Crippen molar-refractivity contribution in [3.8, 4) is 0 Å². The number of fused-ring (bicyclic) bond motifs is 6. The molecule has 0 spiro atoms. The van der Waals surface area contributed by atoms with E-state index < -0.39 is 0 Å². The Labute approximate surface area is 141 Å². The van der Waals surface area contributed by atoms with Gasteiger partial charge in [-0.15, -0.1) is 5.39 Å². The van der Waals surface area contributed by atoms with Gasteiger partial charge in [-0.1, -0.05) is 59.1 Å². The van der Waals surface area contributed by atoms with Crippen molar-refractivity contribution in [3.63, 3.8) is 0 Å². The second-order valence-electron chi connectivity index (χ2n) is 5.40. The van der Waals surface area contributed by atoms with E-state index >= 15 is 0 Å². The zero-order chi connectivity index (χ0) is 13.7. The Morgan fingerprint density at radius 3 is 2.48 bits per heavy atom. The average Bonchev–Trinajstić information content (AvgIpc) is 2.93. The number of hydrogen-bond donors (Lipinski definition) is 0. The molecule has 1 radical (unpaired) electrons. The van der Waals surface area contributed by atoms with E-state index in [2.05, 4.69) is 55.2 Å². The van der Waals surface area contributed by atoms with Crippen molar-refractivity contribution < 1.29 is 20.1 Å². The van der Waals surface area contributed by atoms with Crippen LogP contribution in [0.4, 0.5) is 0 Å². The summed E-state index contributed by atoms with van der Waals surface area (Å²) in [6, 6.07) is 16.4. The molecule has 0 fully saturated rings. The van der Waals surface area contributed by atoms with Crippen LogP contribution in [0.25, 0.3) is 31.8 Å². The molecular formula is C18H14IrNS-. The summed E-state index contributed by atoms with van der Waals surface area (Å²) in [6.45, 7) is 4.44. The minimum atomic E-state index is 0. The van der Waals surface area contributed by atoms with E-state index in [-0.39, 0.29) is 20.1 Å². The molecule has 0 N–H and O–H groups in total. The monoisotopic (exact) mass is 469 g/mol. The standard InChI is InChI=1S/C18H14NS.Ir/c1-11(2)16-10-15-17-13(8-5-9-19-17)12-6-3-4-7-14(12)18(15)20-16;/h3-9,11H,1-2H3;/q-1;. The SMILES string of the molecule is CC(C)c1[c-]c2c3ncccc3c3ccccc3c2s1.[Ir]. The Kier molecular flexibility index (Phi) is 3.83. The number of aromatic nitrogens is 1. The molecule has 4 rings (SSSR count). The van der Waals surface area contributed by atoms with E-state index in [1.165, 1.54) is 31.1 Å². The third-order valence-electron chi connectivity index (χ3n) is 3.72. The molecule has 21 heavy (non-hydrogen) atoms. The fourth-order valence-electron chi connectivity index (χ4n) is 2.72. The van der Waals surface area contributed by atoms with Crippen LogP contribution in [-0.4, -0.2) is 4.98 Å². The molecule has 0 saturated heterocycles. The zero-order valence-corrected chi connectivity index (χ0v) is 15.0. The number of thiophene rings is 1. The first kappa shape index (κ1) is 14.6. The van der Waals surface area contributed by atoms with Gasteiger partial charge in [0.25, 0.3) is 0 Å². The van der Waals surface area contributed by atoms with Crippen LogP contribution in [0.15, 0.2) is 42.6 Å². The first-order valence-corrected chi connectivity index (χ1v) is 7.68. The fraction of sp³-hybridized carbons (Fsp3) is 0.167. The molecule has 0 bridgehead atoms. The van der Waals surface area contributed by atoms with E-state index in [1.54, 1.807) is 0 Å². The van der Waals surface area contributed by atoms with E-state index in [0.29, 0.717) is 5.92 Å². The van der Waals surface area contributed by atoms with Crippen LogP contribution < -0.4 is 0 Å². The van der Waals surface area contributed by atoms with Crippen molar-refractivity contribution in [1.29, 1.82) is 0 Å². The quantitative estimate of drug-likeness (QED) is 0.265. The summed E-state index contributed by atoms with van der Waals surface area (Å²) in [5.41, 5.74) is 1.07. The van der Waals surface area contributed by atoms with Crippen molar-refractivity contribution in [2.45, 2.75) is 19.8 Å². The Morgan fingerprint density at radius 2 is 1.71 bits per heavy atom. The van der Waals surface area contributed by atoms with Crippen molar-refractivity contribution >= 4 is 43.1 Å². The summed E-state index contributed by atoms with van der Waals surface area (Å²) in [5, 5.41) is 5.00. The predicted octanol–water partition coefficient (Wildman–Crippen LogP) is 5.52. The molecule has 107 valence electrons. The average molecular weight is 469 g/mol. The predicted molar refractivity (Wildman–Crippen MR) is 87.6 cm³/mol. The number of hydrogen-bond acceptors (Lipinski definition) is 2. The van der Waals surface area contributed by atoms with Crippen LogP contribution in [0, 0.1) is 6.07 Å². The zero-order valence-electron chi connectivity index (χ0n) is 11.8. The molecule has 4 aromatic rings. The summed E-state index contributed by atoms with van der Waals surface area (Å²) < 4.78 is 1.32. The van der Waals surface area contributed by atoms with Crippen LogP contribution in [-0.2, 0) is 20.1 Å². The second kappa shape index (κ2) is 5.49. The molecule has 2 aromatic heterocycles. The number of benzene rings is 2. The second-order valence-corrected chi connectivity index (χ2v) is 6.45. The van der Waals surface area contributed by atoms with Crippen LogP contribution in [0.3, 0.4) is 0 Å². The van der Waals surface area contributed by atoms with Crippen molar-refractivity contribution in [2.24, 2.45) is 0 Å². The fourth-order valence-corrected chi connectivity index (χ4v) is 3.87. The summed E-state index contributed by atoms with van der Waals surface area (Å²) in [4.78, 5) is 5.92. The van der Waals surface area contributed by atoms with Crippen molar-refractivity contribution in [2.75, 3.05) is 0 Å². The molecule has 1 nitrogen and oxygen atoms in total. The Hall–Kier alpha value is -1.28. The van der Waals surface area contributed by atoms with Gasteiger partial charge in [0.05, 0.1) is 0 Å². The van der Waals surface area contributed by atoms with E-state index in [1.807, 2.05) is 23.6 Å². The van der Waals surface area contributed by atoms with Gasteiger partial charge in [0.15, 0.2) is 0 Å². The van der Waals surface area contributed by atoms with Gasteiger partial charge in [-0.3, -0.25) is 0 Å². The molecular weight excluding hydrogens is 454 g/mol. The van der Waals surface area contributed by atoms with Gasteiger partial charge in [-0.2, -0.15) is 6.07 Å². The molecule has 0 saturated carbocycles. The van der Waals surface area contributed by atoms with Crippen LogP contribution in [0.1, 0.15) is 24.6 Å². The minimum Gasteiger partial charge on any atom is -0.320 e. The molecule has 0 aliphatic heterocycles. The first-order chi connectivity index (χ1) is 9.75. The van der Waals surface area contributed by atoms with Crippen LogP contribution in [0.5, 0.6) is 0 Å². The van der Waals surface area contributed by atoms with E-state index in [0.717, 1.165) is 5.52 Å². The Bertz CT molecular complexity index is 867. The van der Waals surface area contributed by atoms with Gasteiger partial charge in [0.1, 0.15) is 0 Å². The van der Waals surface area contributed by atoms with Gasteiger partial charge in [-0.05, 0) is 28.3 Å². The van der Waals surface area contributed by atoms with E-state index in [4.69, 9.17) is 0 Å². The van der Waals surface area contributed by atoms with Gasteiger partial charge >= 0.3 is 0 Å². The maximum absolute atomic E-state index is 4.61. The molecule has 3 heteroatoms. The van der Waals surface area contributed by atoms with Crippen LogP contribution in [0.2, 0.25) is 0 Å². The first-order valence-electron chi connectivity index (χ1n) is 6.87. The molecule has 0 aliphatic carbocycles. The maximum Gasteiger partial charge on any atom is 0.0124 e. The largest absolute Gasteiger partial charge is 0.320 e. The normalized spacial score (nSPS) is 11.4. The Morgan fingerprint density at radius 1 is 1.00 bits per heavy atom. The van der Waals surface area contributed by atoms with Crippen LogP contribution >= 0.6 is 11.3 Å². The summed E-state index contributed by atoms with van der Waals surface area (Å²) >= 11 is 1.85. The van der Waals surface area contributed by atoms with Crippen molar-refractivity contribution in [3.05, 3.63) is 53.5 Å². The molecule has 2 aromatic carbocycles. The van der Waals surface area contributed by atoms with Gasteiger partial charge < -0.3 is 4.98 Å². The number of rotatable bonds is 1. The maximum atomic E-state index is 4.61. The smallest absolute Gasteiger partial charge is 0.0124 e. The Balaban J connectivity index is 0.00000132. The minimum absolute atomic E-state index is 0. The summed E-state index contributed by atoms with van der Waals surface area (Å²) in [6.07, 6.45) is 1.87. The number of nitrogens with zero attached hydrogens (tertiary/aromatic N) is 1. The molecule has 0 unspecified atom stereocenters. The molecule has 2 heterocycles. The molecule has 0 atom stereocenters. The summed E-state index contributed by atoms with van der Waals surface area (Å²) in [5.74, 6) is 0.505. The van der Waals surface area contributed by atoms with Crippen molar-refractivity contribution in [1.82, 2.24) is 4.98 Å². The topological polar surface area (TPSA) is 12.9 Å². The molecule has 0 aliphatic rings. The molecule has 0 amide bonds. The van der Waals surface area contributed by atoms with Gasteiger partial charge in [-0.25, -0.2) is 11.3 Å². The third-order valence-corrected chi connectivity index (χ3v) is 5.14. The van der Waals surface area contributed by atoms with Gasteiger partial charge in [0.2, 0.25) is 0 Å². The van der Waals surface area contributed by atoms with E-state index in [9.17, 15) is 0 Å². The third kappa shape index (κ3) is 2.20.